The van der Waals surface area contributed by atoms with Crippen molar-refractivity contribution < 1.29 is 9.84 Å². The van der Waals surface area contributed by atoms with Gasteiger partial charge in [0.05, 0.1) is 18.8 Å². The van der Waals surface area contributed by atoms with Gasteiger partial charge in [-0.05, 0) is 26.2 Å². The molecule has 1 atom stereocenters. The molecule has 0 bridgehead atoms. The van der Waals surface area contributed by atoms with Gasteiger partial charge in [0.2, 0.25) is 0 Å². The van der Waals surface area contributed by atoms with Gasteiger partial charge in [-0.1, -0.05) is 19.3 Å². The Kier molecular flexibility index (Phi) is 6.30. The Labute approximate surface area is 128 Å². The lowest BCUT2D eigenvalue weighted by atomic mass is 9.85. The zero-order valence-electron chi connectivity index (χ0n) is 13.6. The van der Waals surface area contributed by atoms with Crippen LogP contribution < -0.4 is 5.32 Å². The van der Waals surface area contributed by atoms with Crippen molar-refractivity contribution in [2.24, 2.45) is 10.9 Å². The number of nitrogens with zero attached hydrogens (tertiary/aromatic N) is 2. The summed E-state index contributed by atoms with van der Waals surface area (Å²) >= 11 is 0. The van der Waals surface area contributed by atoms with Gasteiger partial charge in [-0.25, -0.2) is 0 Å². The van der Waals surface area contributed by atoms with Crippen LogP contribution in [-0.2, 0) is 4.74 Å². The van der Waals surface area contributed by atoms with Crippen LogP contribution >= 0.6 is 0 Å². The van der Waals surface area contributed by atoms with Crippen LogP contribution in [-0.4, -0.2) is 61.5 Å². The van der Waals surface area contributed by atoms with Crippen LogP contribution in [0.15, 0.2) is 4.99 Å². The lowest BCUT2D eigenvalue weighted by molar-refractivity contribution is 0.0130. The monoisotopic (exact) mass is 297 g/mol. The van der Waals surface area contributed by atoms with E-state index in [4.69, 9.17) is 9.73 Å². The van der Waals surface area contributed by atoms with Crippen LogP contribution in [0.3, 0.4) is 0 Å². The third-order valence-electron chi connectivity index (χ3n) is 4.63. The van der Waals surface area contributed by atoms with Crippen molar-refractivity contribution in [2.75, 3.05) is 39.9 Å². The molecule has 5 nitrogen and oxygen atoms in total. The molecule has 2 aliphatic rings. The number of ether oxygens (including phenoxy) is 1. The lowest BCUT2D eigenvalue weighted by Gasteiger charge is -2.31. The molecule has 1 aliphatic carbocycles. The second kappa shape index (κ2) is 7.99. The summed E-state index contributed by atoms with van der Waals surface area (Å²) in [5.74, 6) is 1.55. The molecule has 0 radical (unpaired) electrons. The minimum atomic E-state index is -0.579. The van der Waals surface area contributed by atoms with Crippen LogP contribution in [0.5, 0.6) is 0 Å². The van der Waals surface area contributed by atoms with Gasteiger partial charge in [-0.3, -0.25) is 4.99 Å². The van der Waals surface area contributed by atoms with E-state index in [1.165, 1.54) is 6.42 Å². The molecule has 5 heteroatoms. The van der Waals surface area contributed by atoms with Gasteiger partial charge < -0.3 is 20.1 Å². The van der Waals surface area contributed by atoms with Crippen LogP contribution in [0.2, 0.25) is 0 Å². The molecular formula is C16H31N3O2. The van der Waals surface area contributed by atoms with Crippen molar-refractivity contribution in [2.45, 2.75) is 51.0 Å². The number of rotatable bonds is 5. The summed E-state index contributed by atoms with van der Waals surface area (Å²) in [5, 5.41) is 14.0. The highest BCUT2D eigenvalue weighted by atomic mass is 16.5. The molecule has 0 aromatic rings. The Morgan fingerprint density at radius 2 is 2.14 bits per heavy atom. The largest absolute Gasteiger partial charge is 0.388 e. The number of aliphatic hydroxyl groups is 1. The van der Waals surface area contributed by atoms with Gasteiger partial charge >= 0.3 is 0 Å². The van der Waals surface area contributed by atoms with Crippen LogP contribution in [0.25, 0.3) is 0 Å². The predicted molar refractivity (Wildman–Crippen MR) is 85.6 cm³/mol. The molecule has 1 unspecified atom stereocenters. The molecule has 0 spiro atoms. The van der Waals surface area contributed by atoms with E-state index in [0.29, 0.717) is 12.5 Å². The predicted octanol–water partition coefficient (Wildman–Crippen LogP) is 1.62. The highest BCUT2D eigenvalue weighted by molar-refractivity contribution is 5.80. The molecule has 2 rings (SSSR count). The summed E-state index contributed by atoms with van der Waals surface area (Å²) < 4.78 is 5.26. The molecule has 2 fully saturated rings. The van der Waals surface area contributed by atoms with Crippen molar-refractivity contribution in [1.29, 1.82) is 0 Å². The summed E-state index contributed by atoms with van der Waals surface area (Å²) in [6, 6.07) is 0. The zero-order chi connectivity index (χ0) is 15.1. The number of guanidine groups is 1. The summed E-state index contributed by atoms with van der Waals surface area (Å²) in [7, 11) is 1.76. The van der Waals surface area contributed by atoms with Crippen molar-refractivity contribution in [3.8, 4) is 0 Å². The molecule has 0 aromatic heterocycles. The Bertz CT molecular complexity index is 340. The Hall–Kier alpha value is -0.810. The molecular weight excluding hydrogens is 266 g/mol. The average molecular weight is 297 g/mol. The maximum atomic E-state index is 10.6. The molecule has 0 amide bonds. The maximum Gasteiger partial charge on any atom is 0.194 e. The first-order valence-electron chi connectivity index (χ1n) is 8.41. The number of nitrogens with one attached hydrogen (secondary N) is 1. The highest BCUT2D eigenvalue weighted by Crippen LogP contribution is 2.28. The van der Waals surface area contributed by atoms with Gasteiger partial charge in [0.1, 0.15) is 0 Å². The van der Waals surface area contributed by atoms with E-state index in [0.717, 1.165) is 64.3 Å². The smallest absolute Gasteiger partial charge is 0.194 e. The molecule has 1 aliphatic heterocycles. The molecule has 0 aromatic carbocycles. The first-order valence-corrected chi connectivity index (χ1v) is 8.41. The molecule has 21 heavy (non-hydrogen) atoms. The van der Waals surface area contributed by atoms with Gasteiger partial charge in [-0.2, -0.15) is 0 Å². The van der Waals surface area contributed by atoms with E-state index in [-0.39, 0.29) is 0 Å². The minimum Gasteiger partial charge on any atom is -0.388 e. The van der Waals surface area contributed by atoms with Crippen molar-refractivity contribution >= 4 is 5.96 Å². The fourth-order valence-electron chi connectivity index (χ4n) is 3.41. The Balaban J connectivity index is 1.93. The average Bonchev–Trinajstić information content (AvgIpc) is 2.93. The maximum absolute atomic E-state index is 10.6. The minimum absolute atomic E-state index is 0.529. The van der Waals surface area contributed by atoms with E-state index >= 15 is 0 Å². The first-order chi connectivity index (χ1) is 10.2. The molecule has 1 saturated carbocycles. The molecule has 2 N–H and O–H groups in total. The van der Waals surface area contributed by atoms with Gasteiger partial charge in [0, 0.05) is 32.7 Å². The van der Waals surface area contributed by atoms with Gasteiger partial charge in [0.25, 0.3) is 0 Å². The SMILES string of the molecule is CCNC(=NCC1(O)CCCCC1)N1CCC(COC)C1. The normalized spacial score (nSPS) is 26.1. The van der Waals surface area contributed by atoms with Crippen LogP contribution in [0.4, 0.5) is 0 Å². The van der Waals surface area contributed by atoms with E-state index in [9.17, 15) is 5.11 Å². The number of methoxy groups -OCH3 is 1. The van der Waals surface area contributed by atoms with Crippen molar-refractivity contribution in [3.63, 3.8) is 0 Å². The molecule has 122 valence electrons. The Morgan fingerprint density at radius 1 is 1.38 bits per heavy atom. The first kappa shape index (κ1) is 16.6. The third-order valence-corrected chi connectivity index (χ3v) is 4.63. The quantitative estimate of drug-likeness (QED) is 0.598. The second-order valence-corrected chi connectivity index (χ2v) is 6.51. The fraction of sp³-hybridized carbons (Fsp3) is 0.938. The number of likely N-dealkylation sites (tertiary alicyclic amines) is 1. The van der Waals surface area contributed by atoms with Crippen molar-refractivity contribution in [3.05, 3.63) is 0 Å². The molecule has 1 saturated heterocycles. The molecule has 1 heterocycles. The van der Waals surface area contributed by atoms with Crippen LogP contribution in [0, 0.1) is 5.92 Å². The summed E-state index contributed by atoms with van der Waals surface area (Å²) in [4.78, 5) is 7.03. The van der Waals surface area contributed by atoms with Crippen LogP contribution in [0.1, 0.15) is 45.4 Å². The van der Waals surface area contributed by atoms with E-state index < -0.39 is 5.60 Å². The van der Waals surface area contributed by atoms with E-state index in [1.54, 1.807) is 7.11 Å². The lowest BCUT2D eigenvalue weighted by Crippen LogP contribution is -2.42. The van der Waals surface area contributed by atoms with Gasteiger partial charge in [0.15, 0.2) is 5.96 Å². The topological polar surface area (TPSA) is 57.1 Å². The second-order valence-electron chi connectivity index (χ2n) is 6.51. The fourth-order valence-corrected chi connectivity index (χ4v) is 3.41. The third kappa shape index (κ3) is 4.85. The standard InChI is InChI=1S/C16H31N3O2/c1-3-17-15(19-10-7-14(11-19)12-21-2)18-13-16(20)8-5-4-6-9-16/h14,20H,3-13H2,1-2H3,(H,17,18). The number of aliphatic imine (C=N–C) groups is 1. The van der Waals surface area contributed by atoms with Crippen molar-refractivity contribution in [1.82, 2.24) is 10.2 Å². The number of hydrogen-bond donors (Lipinski definition) is 2. The highest BCUT2D eigenvalue weighted by Gasteiger charge is 2.30. The van der Waals surface area contributed by atoms with Gasteiger partial charge in [-0.15, -0.1) is 0 Å². The van der Waals surface area contributed by atoms with E-state index in [2.05, 4.69) is 17.1 Å². The summed E-state index contributed by atoms with van der Waals surface area (Å²) in [5.41, 5.74) is -0.579. The zero-order valence-corrected chi connectivity index (χ0v) is 13.6. The summed E-state index contributed by atoms with van der Waals surface area (Å²) in [6.07, 6.45) is 6.44. The summed E-state index contributed by atoms with van der Waals surface area (Å²) in [6.45, 7) is 6.33. The number of hydrogen-bond acceptors (Lipinski definition) is 3. The van der Waals surface area contributed by atoms with E-state index in [1.807, 2.05) is 0 Å². The Morgan fingerprint density at radius 3 is 2.81 bits per heavy atom.